The normalized spacial score (nSPS) is 12.4. The highest BCUT2D eigenvalue weighted by molar-refractivity contribution is 6.09. The van der Waals surface area contributed by atoms with E-state index in [2.05, 4.69) is 167 Å². The first-order valence-corrected chi connectivity index (χ1v) is 17.3. The van der Waals surface area contributed by atoms with Crippen LogP contribution in [0.1, 0.15) is 11.4 Å². The van der Waals surface area contributed by atoms with E-state index in [0.29, 0.717) is 6.67 Å². The number of nitrogens with zero attached hydrogens (tertiary/aromatic N) is 4. The number of aryl methyl sites for hydroxylation is 2. The summed E-state index contributed by atoms with van der Waals surface area (Å²) in [7, 11) is 0. The Morgan fingerprint density at radius 2 is 1.12 bits per heavy atom. The van der Waals surface area contributed by atoms with Crippen LogP contribution < -0.4 is 14.5 Å². The maximum atomic E-state index is 6.53. The van der Waals surface area contributed by atoms with Crippen LogP contribution in [-0.2, 0) is 0 Å². The fourth-order valence-electron chi connectivity index (χ4n) is 7.39. The molecule has 1 aliphatic heterocycles. The second-order valence-corrected chi connectivity index (χ2v) is 13.0. The van der Waals surface area contributed by atoms with Crippen molar-refractivity contribution in [3.05, 3.63) is 181 Å². The van der Waals surface area contributed by atoms with Crippen LogP contribution in [0.3, 0.4) is 0 Å². The quantitative estimate of drug-likeness (QED) is 0.170. The Morgan fingerprint density at radius 1 is 0.510 bits per heavy atom. The lowest BCUT2D eigenvalue weighted by Gasteiger charge is -2.27. The van der Waals surface area contributed by atoms with E-state index in [9.17, 15) is 0 Å². The van der Waals surface area contributed by atoms with Gasteiger partial charge in [-0.1, -0.05) is 121 Å². The van der Waals surface area contributed by atoms with E-state index in [4.69, 9.17) is 4.74 Å². The molecule has 9 rings (SSSR count). The van der Waals surface area contributed by atoms with Crippen molar-refractivity contribution < 1.29 is 4.74 Å². The standard InChI is InChI=1S/C46H36N4O/c1-32-28-33(2)50(47-32)38-20-12-22-40(30-38)51-39-21-11-19-37(29-39)48-31-49(46-43-23-10-9-18-36(43)26-27-44(46)48)45-41(34-14-5-3-6-15-34)24-13-25-42(45)35-16-7-4-8-17-35/h3-30H,31H2,1-2H3. The third kappa shape index (κ3) is 5.59. The summed E-state index contributed by atoms with van der Waals surface area (Å²) < 4.78 is 8.48. The monoisotopic (exact) mass is 660 g/mol. The van der Waals surface area contributed by atoms with Crippen molar-refractivity contribution in [3.8, 4) is 39.4 Å². The number of benzene rings is 7. The summed E-state index contributed by atoms with van der Waals surface area (Å²) in [5, 5.41) is 7.10. The summed E-state index contributed by atoms with van der Waals surface area (Å²) in [6, 6.07) is 59.9. The molecule has 5 heteroatoms. The zero-order chi connectivity index (χ0) is 34.3. The van der Waals surface area contributed by atoms with Crippen LogP contribution in [-0.4, -0.2) is 16.4 Å². The zero-order valence-electron chi connectivity index (χ0n) is 28.6. The topological polar surface area (TPSA) is 33.5 Å². The summed E-state index contributed by atoms with van der Waals surface area (Å²) in [4.78, 5) is 4.91. The first-order valence-electron chi connectivity index (χ1n) is 17.3. The highest BCUT2D eigenvalue weighted by Gasteiger charge is 2.33. The number of anilines is 4. The molecule has 0 bridgehead atoms. The van der Waals surface area contributed by atoms with Crippen LogP contribution >= 0.6 is 0 Å². The van der Waals surface area contributed by atoms with Gasteiger partial charge >= 0.3 is 0 Å². The first-order chi connectivity index (χ1) is 25.1. The molecule has 0 amide bonds. The summed E-state index contributed by atoms with van der Waals surface area (Å²) in [6.07, 6.45) is 0. The molecule has 0 atom stereocenters. The molecule has 246 valence electrons. The van der Waals surface area contributed by atoms with Crippen molar-refractivity contribution in [2.24, 2.45) is 0 Å². The summed E-state index contributed by atoms with van der Waals surface area (Å²) in [5.74, 6) is 1.53. The van der Waals surface area contributed by atoms with E-state index in [1.54, 1.807) is 0 Å². The van der Waals surface area contributed by atoms with Crippen LogP contribution in [0.4, 0.5) is 22.7 Å². The largest absolute Gasteiger partial charge is 0.457 e. The van der Waals surface area contributed by atoms with Gasteiger partial charge in [0.2, 0.25) is 0 Å². The second kappa shape index (κ2) is 12.7. The Kier molecular flexibility index (Phi) is 7.59. The van der Waals surface area contributed by atoms with Crippen molar-refractivity contribution >= 4 is 33.5 Å². The fraction of sp³-hybridized carbons (Fsp3) is 0.0652. The lowest BCUT2D eigenvalue weighted by molar-refractivity contribution is 0.482. The van der Waals surface area contributed by atoms with Crippen LogP contribution in [0.25, 0.3) is 38.7 Å². The van der Waals surface area contributed by atoms with Gasteiger partial charge in [0.05, 0.1) is 28.4 Å². The Hall–Kier alpha value is -6.59. The Balaban J connectivity index is 1.17. The minimum atomic E-state index is 0.629. The number of rotatable bonds is 7. The average Bonchev–Trinajstić information content (AvgIpc) is 3.74. The lowest BCUT2D eigenvalue weighted by atomic mass is 9.94. The Labute approximate surface area is 298 Å². The maximum absolute atomic E-state index is 6.53. The van der Waals surface area contributed by atoms with Crippen LogP contribution in [0, 0.1) is 13.8 Å². The van der Waals surface area contributed by atoms with E-state index in [1.807, 2.05) is 35.9 Å². The number of fused-ring (bicyclic) bond motifs is 3. The molecule has 0 spiro atoms. The van der Waals surface area contributed by atoms with Crippen LogP contribution in [0.2, 0.25) is 0 Å². The van der Waals surface area contributed by atoms with Gasteiger partial charge in [0, 0.05) is 40.0 Å². The van der Waals surface area contributed by atoms with Gasteiger partial charge in [-0.3, -0.25) is 0 Å². The molecule has 7 aromatic carbocycles. The molecule has 1 aliphatic rings. The molecule has 8 aromatic rings. The highest BCUT2D eigenvalue weighted by Crippen LogP contribution is 2.52. The predicted octanol–water partition coefficient (Wildman–Crippen LogP) is 12.0. The van der Waals surface area contributed by atoms with Crippen molar-refractivity contribution in [1.29, 1.82) is 0 Å². The third-order valence-electron chi connectivity index (χ3n) is 9.64. The predicted molar refractivity (Wildman–Crippen MR) is 210 cm³/mol. The van der Waals surface area contributed by atoms with Gasteiger partial charge in [0.15, 0.2) is 0 Å². The Bertz CT molecular complexity index is 2460. The third-order valence-corrected chi connectivity index (χ3v) is 9.64. The SMILES string of the molecule is Cc1cc(C)n(-c2cccc(Oc3cccc(N4CN(c5c(-c6ccccc6)cccc5-c5ccccc5)c5c4ccc4ccccc54)c3)c2)n1. The number of hydrogen-bond donors (Lipinski definition) is 0. The maximum Gasteiger partial charge on any atom is 0.129 e. The van der Waals surface area contributed by atoms with Gasteiger partial charge in [-0.25, -0.2) is 4.68 Å². The minimum Gasteiger partial charge on any atom is -0.457 e. The smallest absolute Gasteiger partial charge is 0.129 e. The fourth-order valence-corrected chi connectivity index (χ4v) is 7.39. The molecular formula is C46H36N4O. The number of aromatic nitrogens is 2. The van der Waals surface area contributed by atoms with Crippen molar-refractivity contribution in [1.82, 2.24) is 9.78 Å². The molecule has 0 N–H and O–H groups in total. The highest BCUT2D eigenvalue weighted by atomic mass is 16.5. The molecule has 0 aliphatic carbocycles. The molecule has 0 saturated carbocycles. The van der Waals surface area contributed by atoms with Gasteiger partial charge in [-0.2, -0.15) is 5.10 Å². The molecule has 1 aromatic heterocycles. The minimum absolute atomic E-state index is 0.629. The van der Waals surface area contributed by atoms with Crippen molar-refractivity contribution in [2.75, 3.05) is 16.5 Å². The van der Waals surface area contributed by atoms with Crippen molar-refractivity contribution in [2.45, 2.75) is 13.8 Å². The van der Waals surface area contributed by atoms with E-state index in [0.717, 1.165) is 39.9 Å². The van der Waals surface area contributed by atoms with Gasteiger partial charge in [-0.15, -0.1) is 0 Å². The van der Waals surface area contributed by atoms with Crippen molar-refractivity contribution in [3.63, 3.8) is 0 Å². The molecule has 2 heterocycles. The zero-order valence-corrected chi connectivity index (χ0v) is 28.6. The molecule has 0 unspecified atom stereocenters. The van der Waals surface area contributed by atoms with Gasteiger partial charge in [0.25, 0.3) is 0 Å². The molecule has 51 heavy (non-hydrogen) atoms. The molecule has 0 radical (unpaired) electrons. The number of ether oxygens (including phenoxy) is 1. The van der Waals surface area contributed by atoms with Crippen LogP contribution in [0.5, 0.6) is 11.5 Å². The first kappa shape index (κ1) is 30.5. The summed E-state index contributed by atoms with van der Waals surface area (Å²) in [6.45, 7) is 4.71. The lowest BCUT2D eigenvalue weighted by Crippen LogP contribution is -2.25. The van der Waals surface area contributed by atoms with Gasteiger partial charge in [-0.05, 0) is 66.8 Å². The average molecular weight is 661 g/mol. The molecule has 0 fully saturated rings. The Morgan fingerprint density at radius 3 is 1.78 bits per heavy atom. The van der Waals surface area contributed by atoms with E-state index in [-0.39, 0.29) is 0 Å². The second-order valence-electron chi connectivity index (χ2n) is 13.0. The van der Waals surface area contributed by atoms with E-state index < -0.39 is 0 Å². The van der Waals surface area contributed by atoms with E-state index >= 15 is 0 Å². The summed E-state index contributed by atoms with van der Waals surface area (Å²) in [5.41, 5.74) is 12.4. The number of para-hydroxylation sites is 1. The molecule has 5 nitrogen and oxygen atoms in total. The molecular weight excluding hydrogens is 625 g/mol. The van der Waals surface area contributed by atoms with Crippen LogP contribution in [0.15, 0.2) is 170 Å². The summed E-state index contributed by atoms with van der Waals surface area (Å²) >= 11 is 0. The van der Waals surface area contributed by atoms with Gasteiger partial charge < -0.3 is 14.5 Å². The van der Waals surface area contributed by atoms with E-state index in [1.165, 1.54) is 44.4 Å². The molecule has 0 saturated heterocycles. The van der Waals surface area contributed by atoms with Gasteiger partial charge in [0.1, 0.15) is 18.2 Å². The number of hydrogen-bond acceptors (Lipinski definition) is 4.